The van der Waals surface area contributed by atoms with Gasteiger partial charge in [0.1, 0.15) is 5.75 Å². The van der Waals surface area contributed by atoms with Crippen LogP contribution in [0.4, 0.5) is 11.4 Å². The predicted molar refractivity (Wildman–Crippen MR) is 141 cm³/mol. The Morgan fingerprint density at radius 2 is 1.82 bits per heavy atom. The van der Waals surface area contributed by atoms with Gasteiger partial charge in [-0.15, -0.1) is 0 Å². The third kappa shape index (κ3) is 6.52. The number of benzene rings is 2. The largest absolute Gasteiger partial charge is 0.495 e. The molecule has 0 aromatic heterocycles. The van der Waals surface area contributed by atoms with Crippen molar-refractivity contribution in [3.63, 3.8) is 0 Å². The SMILES string of the molecule is COc1c(Br)cc(Br)cc1C=CC(=O)Nc1ccc(N2CCN(C(=O)C(C)C)CC2)c(Cl)c1. The van der Waals surface area contributed by atoms with E-state index in [-0.39, 0.29) is 17.7 Å². The standard InChI is InChI=1S/C24H26Br2ClN3O3/c1-15(2)24(32)30-10-8-29(9-11-30)21-6-5-18(14-20(21)27)28-22(31)7-4-16-12-17(25)13-19(26)23(16)33-3/h4-7,12-15H,8-11H2,1-3H3,(H,28,31). The maximum absolute atomic E-state index is 12.5. The maximum Gasteiger partial charge on any atom is 0.248 e. The number of hydrogen-bond donors (Lipinski definition) is 1. The minimum atomic E-state index is -0.280. The van der Waals surface area contributed by atoms with Gasteiger partial charge in [-0.05, 0) is 52.3 Å². The molecule has 1 aliphatic heterocycles. The fourth-order valence-electron chi connectivity index (χ4n) is 3.64. The van der Waals surface area contributed by atoms with Gasteiger partial charge < -0.3 is 19.9 Å². The molecule has 2 amide bonds. The van der Waals surface area contributed by atoms with E-state index in [0.29, 0.717) is 29.5 Å². The number of nitrogens with one attached hydrogen (secondary N) is 1. The molecule has 0 atom stereocenters. The van der Waals surface area contributed by atoms with Gasteiger partial charge in [0.15, 0.2) is 0 Å². The fraction of sp³-hybridized carbons (Fsp3) is 0.333. The summed E-state index contributed by atoms with van der Waals surface area (Å²) in [6.45, 7) is 6.62. The van der Waals surface area contributed by atoms with Gasteiger partial charge in [-0.3, -0.25) is 9.59 Å². The monoisotopic (exact) mass is 597 g/mol. The van der Waals surface area contributed by atoms with Crippen molar-refractivity contribution in [2.24, 2.45) is 5.92 Å². The van der Waals surface area contributed by atoms with E-state index in [1.807, 2.05) is 43.0 Å². The molecule has 2 aromatic rings. The number of rotatable bonds is 6. The average Bonchev–Trinajstić information content (AvgIpc) is 2.77. The van der Waals surface area contributed by atoms with Crippen LogP contribution < -0.4 is 15.0 Å². The molecule has 1 N–H and O–H groups in total. The maximum atomic E-state index is 12.5. The Balaban J connectivity index is 1.63. The Kier molecular flexibility index (Phi) is 8.84. The molecule has 3 rings (SSSR count). The second-order valence-electron chi connectivity index (χ2n) is 7.97. The molecular weight excluding hydrogens is 574 g/mol. The van der Waals surface area contributed by atoms with E-state index in [1.165, 1.54) is 6.08 Å². The van der Waals surface area contributed by atoms with Crippen molar-refractivity contribution >= 4 is 72.7 Å². The zero-order valence-corrected chi connectivity index (χ0v) is 22.6. The van der Waals surface area contributed by atoms with Gasteiger partial charge in [-0.25, -0.2) is 0 Å². The van der Waals surface area contributed by atoms with Gasteiger partial charge >= 0.3 is 0 Å². The lowest BCUT2D eigenvalue weighted by atomic mass is 10.1. The van der Waals surface area contributed by atoms with E-state index in [0.717, 1.165) is 33.3 Å². The zero-order valence-electron chi connectivity index (χ0n) is 18.7. The van der Waals surface area contributed by atoms with Crippen molar-refractivity contribution in [2.75, 3.05) is 43.5 Å². The van der Waals surface area contributed by atoms with Crippen LogP contribution in [0.15, 0.2) is 45.4 Å². The van der Waals surface area contributed by atoms with Gasteiger partial charge in [0.2, 0.25) is 11.8 Å². The molecule has 0 unspecified atom stereocenters. The zero-order chi connectivity index (χ0) is 24.1. The lowest BCUT2D eigenvalue weighted by molar-refractivity contribution is -0.134. The highest BCUT2D eigenvalue weighted by atomic mass is 79.9. The van der Waals surface area contributed by atoms with Crippen LogP contribution in [-0.4, -0.2) is 50.0 Å². The first-order valence-corrected chi connectivity index (χ1v) is 12.5. The summed E-state index contributed by atoms with van der Waals surface area (Å²) in [6, 6.07) is 9.21. The number of hydrogen-bond acceptors (Lipinski definition) is 4. The van der Waals surface area contributed by atoms with Crippen molar-refractivity contribution in [1.29, 1.82) is 0 Å². The van der Waals surface area contributed by atoms with Crippen molar-refractivity contribution in [3.05, 3.63) is 55.9 Å². The van der Waals surface area contributed by atoms with E-state index in [2.05, 4.69) is 42.1 Å². The van der Waals surface area contributed by atoms with Crippen molar-refractivity contribution in [2.45, 2.75) is 13.8 Å². The molecule has 33 heavy (non-hydrogen) atoms. The molecule has 1 aliphatic rings. The Bertz CT molecular complexity index is 1070. The molecule has 6 nitrogen and oxygen atoms in total. The lowest BCUT2D eigenvalue weighted by Gasteiger charge is -2.37. The quantitative estimate of drug-likeness (QED) is 0.425. The second-order valence-corrected chi connectivity index (χ2v) is 10.1. The van der Waals surface area contributed by atoms with Gasteiger partial charge in [-0.1, -0.05) is 41.4 Å². The Morgan fingerprint density at radius 3 is 2.42 bits per heavy atom. The predicted octanol–water partition coefficient (Wildman–Crippen LogP) is 5.83. The first kappa shape index (κ1) is 25.6. The van der Waals surface area contributed by atoms with Crippen molar-refractivity contribution in [3.8, 4) is 5.75 Å². The number of piperazine rings is 1. The third-order valence-electron chi connectivity index (χ3n) is 5.30. The topological polar surface area (TPSA) is 61.9 Å². The summed E-state index contributed by atoms with van der Waals surface area (Å²) in [5, 5.41) is 3.39. The number of carbonyl (C=O) groups excluding carboxylic acids is 2. The number of carbonyl (C=O) groups is 2. The molecule has 0 radical (unpaired) electrons. The Labute approximate surface area is 216 Å². The molecular formula is C24H26Br2ClN3O3. The molecule has 0 saturated carbocycles. The molecule has 176 valence electrons. The molecule has 1 saturated heterocycles. The lowest BCUT2D eigenvalue weighted by Crippen LogP contribution is -2.50. The van der Waals surface area contributed by atoms with Crippen LogP contribution in [0.1, 0.15) is 19.4 Å². The molecule has 0 spiro atoms. The normalized spacial score (nSPS) is 14.2. The Morgan fingerprint density at radius 1 is 1.12 bits per heavy atom. The summed E-state index contributed by atoms with van der Waals surface area (Å²) >= 11 is 13.4. The highest BCUT2D eigenvalue weighted by Gasteiger charge is 2.24. The van der Waals surface area contributed by atoms with E-state index >= 15 is 0 Å². The summed E-state index contributed by atoms with van der Waals surface area (Å²) in [5.41, 5.74) is 2.26. The van der Waals surface area contributed by atoms with Crippen LogP contribution in [0.25, 0.3) is 6.08 Å². The van der Waals surface area contributed by atoms with Crippen LogP contribution in [0.2, 0.25) is 5.02 Å². The summed E-state index contributed by atoms with van der Waals surface area (Å²) < 4.78 is 7.06. The molecule has 1 fully saturated rings. The fourth-order valence-corrected chi connectivity index (χ4v) is 5.36. The second kappa shape index (κ2) is 11.4. The first-order chi connectivity index (χ1) is 15.7. The summed E-state index contributed by atoms with van der Waals surface area (Å²) in [7, 11) is 1.58. The van der Waals surface area contributed by atoms with E-state index in [4.69, 9.17) is 16.3 Å². The smallest absolute Gasteiger partial charge is 0.248 e. The minimum Gasteiger partial charge on any atom is -0.495 e. The summed E-state index contributed by atoms with van der Waals surface area (Å²) in [5.74, 6) is 0.547. The van der Waals surface area contributed by atoms with Crippen molar-refractivity contribution < 1.29 is 14.3 Å². The summed E-state index contributed by atoms with van der Waals surface area (Å²) in [4.78, 5) is 28.7. The van der Waals surface area contributed by atoms with E-state index in [9.17, 15) is 9.59 Å². The van der Waals surface area contributed by atoms with Gasteiger partial charge in [-0.2, -0.15) is 0 Å². The first-order valence-electron chi connectivity index (χ1n) is 10.5. The molecule has 0 aliphatic carbocycles. The van der Waals surface area contributed by atoms with E-state index in [1.54, 1.807) is 19.3 Å². The minimum absolute atomic E-state index is 0.00288. The number of halogens is 3. The summed E-state index contributed by atoms with van der Waals surface area (Å²) in [6.07, 6.45) is 3.14. The number of nitrogens with zero attached hydrogens (tertiary/aromatic N) is 2. The highest BCUT2D eigenvalue weighted by Crippen LogP contribution is 2.34. The van der Waals surface area contributed by atoms with Crippen LogP contribution in [-0.2, 0) is 9.59 Å². The van der Waals surface area contributed by atoms with Gasteiger partial charge in [0.05, 0.1) is 22.3 Å². The Hall–Kier alpha value is -2.03. The highest BCUT2D eigenvalue weighted by molar-refractivity contribution is 9.11. The molecule has 2 aromatic carbocycles. The van der Waals surface area contributed by atoms with Crippen LogP contribution >= 0.6 is 43.5 Å². The van der Waals surface area contributed by atoms with Gasteiger partial charge in [0, 0.05) is 53.9 Å². The molecule has 0 bridgehead atoms. The number of amides is 2. The number of anilines is 2. The van der Waals surface area contributed by atoms with Crippen LogP contribution in [0, 0.1) is 5.92 Å². The molecule has 9 heteroatoms. The third-order valence-corrected chi connectivity index (χ3v) is 6.65. The number of ether oxygens (including phenoxy) is 1. The molecule has 1 heterocycles. The van der Waals surface area contributed by atoms with Crippen LogP contribution in [0.3, 0.4) is 0 Å². The van der Waals surface area contributed by atoms with Gasteiger partial charge in [0.25, 0.3) is 0 Å². The average molecular weight is 600 g/mol. The number of methoxy groups -OCH3 is 1. The van der Waals surface area contributed by atoms with Crippen molar-refractivity contribution in [1.82, 2.24) is 4.90 Å². The van der Waals surface area contributed by atoms with Crippen LogP contribution in [0.5, 0.6) is 5.75 Å². The van der Waals surface area contributed by atoms with E-state index < -0.39 is 0 Å².